The van der Waals surface area contributed by atoms with Gasteiger partial charge in [0.2, 0.25) is 10.0 Å². The minimum absolute atomic E-state index is 0.00802. The van der Waals surface area contributed by atoms with Crippen LogP contribution in [0.15, 0.2) is 17.2 Å². The molecule has 0 saturated heterocycles. The molecule has 21 heavy (non-hydrogen) atoms. The average molecular weight is 345 g/mol. The molecule has 0 spiro atoms. The molecule has 0 atom stereocenters. The van der Waals surface area contributed by atoms with Gasteiger partial charge in [-0.2, -0.15) is 13.2 Å². The Balaban J connectivity index is 2.75. The molecule has 5 nitrogen and oxygen atoms in total. The summed E-state index contributed by atoms with van der Waals surface area (Å²) < 4.78 is 63.8. The third-order valence-electron chi connectivity index (χ3n) is 2.64. The summed E-state index contributed by atoms with van der Waals surface area (Å²) in [6, 6.07) is 1.47. The van der Waals surface area contributed by atoms with Crippen molar-refractivity contribution in [2.75, 3.05) is 12.3 Å². The second kappa shape index (κ2) is 7.03. The smallest absolute Gasteiger partial charge is 0.346 e. The Morgan fingerprint density at radius 2 is 2.05 bits per heavy atom. The first-order valence-electron chi connectivity index (χ1n) is 6.18. The molecule has 0 aliphatic heterocycles. The lowest BCUT2D eigenvalue weighted by molar-refractivity contribution is -0.0327. The summed E-state index contributed by atoms with van der Waals surface area (Å²) in [4.78, 5) is 0.00802. The van der Waals surface area contributed by atoms with Gasteiger partial charge in [-0.25, -0.2) is 13.1 Å². The van der Waals surface area contributed by atoms with E-state index in [9.17, 15) is 21.6 Å². The van der Waals surface area contributed by atoms with E-state index >= 15 is 0 Å². The fraction of sp³-hybridized carbons (Fsp3) is 0.636. The molecule has 1 aromatic heterocycles. The Morgan fingerprint density at radius 1 is 1.43 bits per heavy atom. The number of thioether (sulfide) groups is 1. The Labute approximate surface area is 126 Å². The molecule has 0 aliphatic rings. The van der Waals surface area contributed by atoms with Crippen molar-refractivity contribution in [3.05, 3.63) is 18.0 Å². The molecule has 1 aromatic rings. The second-order valence-corrected chi connectivity index (χ2v) is 7.49. The van der Waals surface area contributed by atoms with Crippen LogP contribution < -0.4 is 10.5 Å². The summed E-state index contributed by atoms with van der Waals surface area (Å²) in [5.41, 5.74) is 1.84. The molecule has 0 bridgehead atoms. The Hall–Kier alpha value is -0.710. The van der Waals surface area contributed by atoms with Gasteiger partial charge in [0.05, 0.1) is 4.90 Å². The highest BCUT2D eigenvalue weighted by molar-refractivity contribution is 8.00. The van der Waals surface area contributed by atoms with Crippen LogP contribution in [0.2, 0.25) is 0 Å². The average Bonchev–Trinajstić information content (AvgIpc) is 2.78. The predicted octanol–water partition coefficient (Wildman–Crippen LogP) is 2.06. The number of aromatic nitrogens is 1. The summed E-state index contributed by atoms with van der Waals surface area (Å²) in [5, 5.41) is 0. The van der Waals surface area contributed by atoms with Crippen LogP contribution in [0, 0.1) is 0 Å². The lowest BCUT2D eigenvalue weighted by Gasteiger charge is -2.10. The normalized spacial score (nSPS) is 13.1. The molecule has 0 saturated carbocycles. The SMILES string of the molecule is CC(C)n1cc(S(=O)(=O)NCCSC(F)(F)F)cc1CN. The van der Waals surface area contributed by atoms with Crippen molar-refractivity contribution in [1.29, 1.82) is 0 Å². The number of alkyl halides is 3. The van der Waals surface area contributed by atoms with E-state index in [0.29, 0.717) is 5.69 Å². The van der Waals surface area contributed by atoms with Gasteiger partial charge < -0.3 is 10.3 Å². The molecule has 0 unspecified atom stereocenters. The lowest BCUT2D eigenvalue weighted by Crippen LogP contribution is -2.26. The first-order valence-corrected chi connectivity index (χ1v) is 8.65. The van der Waals surface area contributed by atoms with Crippen molar-refractivity contribution >= 4 is 21.8 Å². The fourth-order valence-electron chi connectivity index (χ4n) is 1.71. The Kier molecular flexibility index (Phi) is 6.14. The van der Waals surface area contributed by atoms with Crippen molar-refractivity contribution in [3.8, 4) is 0 Å². The highest BCUT2D eigenvalue weighted by atomic mass is 32.2. The summed E-state index contributed by atoms with van der Waals surface area (Å²) in [6.45, 7) is 3.64. The van der Waals surface area contributed by atoms with Crippen LogP contribution >= 0.6 is 11.8 Å². The first-order chi connectivity index (χ1) is 9.57. The van der Waals surface area contributed by atoms with Gasteiger partial charge in [0.25, 0.3) is 0 Å². The lowest BCUT2D eigenvalue weighted by atomic mass is 10.3. The van der Waals surface area contributed by atoms with Gasteiger partial charge in [0.15, 0.2) is 0 Å². The summed E-state index contributed by atoms with van der Waals surface area (Å²) in [7, 11) is -3.83. The van der Waals surface area contributed by atoms with E-state index < -0.39 is 15.5 Å². The number of rotatable bonds is 7. The van der Waals surface area contributed by atoms with Crippen molar-refractivity contribution in [2.45, 2.75) is 36.8 Å². The van der Waals surface area contributed by atoms with Crippen LogP contribution in [0.25, 0.3) is 0 Å². The van der Waals surface area contributed by atoms with E-state index in [1.54, 1.807) is 4.57 Å². The van der Waals surface area contributed by atoms with Crippen molar-refractivity contribution in [1.82, 2.24) is 9.29 Å². The summed E-state index contributed by atoms with van der Waals surface area (Å²) in [5.74, 6) is -0.378. The van der Waals surface area contributed by atoms with E-state index in [1.165, 1.54) is 12.3 Å². The number of nitrogens with zero attached hydrogens (tertiary/aromatic N) is 1. The fourth-order valence-corrected chi connectivity index (χ4v) is 3.36. The highest BCUT2D eigenvalue weighted by Gasteiger charge is 2.28. The first kappa shape index (κ1) is 18.3. The van der Waals surface area contributed by atoms with Crippen LogP contribution in [-0.4, -0.2) is 30.8 Å². The highest BCUT2D eigenvalue weighted by Crippen LogP contribution is 2.29. The topological polar surface area (TPSA) is 77.1 Å². The van der Waals surface area contributed by atoms with Gasteiger partial charge in [-0.1, -0.05) is 0 Å². The number of sulfonamides is 1. The molecular weight excluding hydrogens is 327 g/mol. The van der Waals surface area contributed by atoms with Crippen molar-refractivity contribution in [2.24, 2.45) is 5.73 Å². The third kappa shape index (κ3) is 5.53. The predicted molar refractivity (Wildman–Crippen MR) is 76.4 cm³/mol. The molecule has 1 heterocycles. The molecule has 122 valence electrons. The number of hydrogen-bond donors (Lipinski definition) is 2. The van der Waals surface area contributed by atoms with Gasteiger partial charge in [0.1, 0.15) is 0 Å². The quantitative estimate of drug-likeness (QED) is 0.742. The standard InChI is InChI=1S/C11H18F3N3O2S2/c1-8(2)17-7-10(5-9(17)6-15)21(18,19)16-3-4-20-11(12,13)14/h5,7-8,16H,3-4,6,15H2,1-2H3. The van der Waals surface area contributed by atoms with Crippen LogP contribution in [0.5, 0.6) is 0 Å². The molecule has 3 N–H and O–H groups in total. The minimum atomic E-state index is -4.36. The number of nitrogens with one attached hydrogen (secondary N) is 1. The number of hydrogen-bond acceptors (Lipinski definition) is 4. The molecular formula is C11H18F3N3O2S2. The van der Waals surface area contributed by atoms with Crippen LogP contribution in [0.4, 0.5) is 13.2 Å². The van der Waals surface area contributed by atoms with E-state index in [1.807, 2.05) is 13.8 Å². The van der Waals surface area contributed by atoms with E-state index in [0.717, 1.165) is 0 Å². The Bertz CT molecular complexity index is 568. The van der Waals surface area contributed by atoms with E-state index in [4.69, 9.17) is 5.73 Å². The van der Waals surface area contributed by atoms with Gasteiger partial charge >= 0.3 is 5.51 Å². The zero-order valence-corrected chi connectivity index (χ0v) is 13.3. The zero-order valence-electron chi connectivity index (χ0n) is 11.6. The van der Waals surface area contributed by atoms with E-state index in [2.05, 4.69) is 4.72 Å². The van der Waals surface area contributed by atoms with Gasteiger partial charge in [0, 0.05) is 36.8 Å². The van der Waals surface area contributed by atoms with Crippen LogP contribution in [-0.2, 0) is 16.6 Å². The maximum atomic E-state index is 12.0. The summed E-state index contributed by atoms with van der Waals surface area (Å²) >= 11 is -0.265. The van der Waals surface area contributed by atoms with Gasteiger partial charge in [-0.15, -0.1) is 0 Å². The number of halogens is 3. The molecule has 0 aliphatic carbocycles. The zero-order chi connectivity index (χ0) is 16.3. The molecule has 1 rings (SSSR count). The van der Waals surface area contributed by atoms with Crippen molar-refractivity contribution in [3.63, 3.8) is 0 Å². The maximum absolute atomic E-state index is 12.0. The molecule has 0 aromatic carbocycles. The Morgan fingerprint density at radius 3 is 2.48 bits per heavy atom. The molecule has 0 radical (unpaired) electrons. The number of nitrogens with two attached hydrogens (primary N) is 1. The molecule has 10 heteroatoms. The summed E-state index contributed by atoms with van der Waals surface area (Å²) in [6.07, 6.45) is 1.44. The van der Waals surface area contributed by atoms with Gasteiger partial charge in [-0.05, 0) is 31.7 Å². The van der Waals surface area contributed by atoms with Crippen molar-refractivity contribution < 1.29 is 21.6 Å². The minimum Gasteiger partial charge on any atom is -0.346 e. The van der Waals surface area contributed by atoms with E-state index in [-0.39, 0.29) is 41.5 Å². The molecule has 0 amide bonds. The maximum Gasteiger partial charge on any atom is 0.441 e. The van der Waals surface area contributed by atoms with Gasteiger partial charge in [-0.3, -0.25) is 0 Å². The largest absolute Gasteiger partial charge is 0.441 e. The third-order valence-corrected chi connectivity index (χ3v) is 4.81. The monoisotopic (exact) mass is 345 g/mol. The molecule has 0 fully saturated rings. The van der Waals surface area contributed by atoms with Crippen LogP contribution in [0.1, 0.15) is 25.6 Å². The second-order valence-electron chi connectivity index (χ2n) is 4.56. The van der Waals surface area contributed by atoms with Crippen LogP contribution in [0.3, 0.4) is 0 Å².